The molecule has 1 heterocycles. The molecule has 0 spiro atoms. The van der Waals surface area contributed by atoms with Gasteiger partial charge in [-0.3, -0.25) is 4.79 Å². The van der Waals surface area contributed by atoms with E-state index in [0.29, 0.717) is 0 Å². The Morgan fingerprint density at radius 2 is 1.33 bits per heavy atom. The number of benzene rings is 3. The summed E-state index contributed by atoms with van der Waals surface area (Å²) in [6.07, 6.45) is -0.573. The van der Waals surface area contributed by atoms with Crippen LogP contribution in [0, 0.1) is 0 Å². The van der Waals surface area contributed by atoms with Crippen LogP contribution in [0.25, 0.3) is 0 Å². The third-order valence-electron chi connectivity index (χ3n) is 7.03. The SMILES string of the molecule is CC(C)(C)OC(=O)N[C@@H](CCN1C(=O)CC1(Cc1ccccc1)C(=O)OCc1ccccc1)C(=O)OCc1ccccc1. The molecule has 1 saturated heterocycles. The van der Waals surface area contributed by atoms with Gasteiger partial charge in [0, 0.05) is 13.0 Å². The highest BCUT2D eigenvalue weighted by atomic mass is 16.6. The number of rotatable bonds is 12. The van der Waals surface area contributed by atoms with Crippen LogP contribution < -0.4 is 5.32 Å². The van der Waals surface area contributed by atoms with Crippen LogP contribution in [0.3, 0.4) is 0 Å². The second kappa shape index (κ2) is 14.0. The number of ether oxygens (including phenoxy) is 3. The number of likely N-dealkylation sites (tertiary alicyclic amines) is 1. The lowest BCUT2D eigenvalue weighted by Crippen LogP contribution is -2.69. The van der Waals surface area contributed by atoms with Crippen LogP contribution in [0.5, 0.6) is 0 Å². The molecule has 0 radical (unpaired) electrons. The smallest absolute Gasteiger partial charge is 0.408 e. The van der Waals surface area contributed by atoms with Crippen molar-refractivity contribution in [1.82, 2.24) is 10.2 Å². The fourth-order valence-corrected chi connectivity index (χ4v) is 4.92. The van der Waals surface area contributed by atoms with E-state index in [1.165, 1.54) is 4.90 Å². The Bertz CT molecular complexity index is 1390. The van der Waals surface area contributed by atoms with Gasteiger partial charge in [0.05, 0.1) is 6.42 Å². The summed E-state index contributed by atoms with van der Waals surface area (Å²) < 4.78 is 16.6. The summed E-state index contributed by atoms with van der Waals surface area (Å²) in [5.41, 5.74) is 0.432. The van der Waals surface area contributed by atoms with E-state index in [4.69, 9.17) is 14.2 Å². The fourth-order valence-electron chi connectivity index (χ4n) is 4.92. The van der Waals surface area contributed by atoms with Crippen LogP contribution >= 0.6 is 0 Å². The summed E-state index contributed by atoms with van der Waals surface area (Å²) in [5.74, 6) is -1.45. The highest BCUT2D eigenvalue weighted by Crippen LogP contribution is 2.37. The average molecular weight is 587 g/mol. The van der Waals surface area contributed by atoms with Gasteiger partial charge in [0.25, 0.3) is 0 Å². The Labute approximate surface area is 252 Å². The van der Waals surface area contributed by atoms with Crippen LogP contribution in [0.4, 0.5) is 4.79 Å². The zero-order valence-corrected chi connectivity index (χ0v) is 24.8. The molecule has 0 saturated carbocycles. The van der Waals surface area contributed by atoms with Gasteiger partial charge in [0.2, 0.25) is 5.91 Å². The second-order valence-corrected chi connectivity index (χ2v) is 11.6. The zero-order valence-electron chi connectivity index (χ0n) is 24.8. The quantitative estimate of drug-likeness (QED) is 0.181. The summed E-state index contributed by atoms with van der Waals surface area (Å²) in [5, 5.41) is 2.59. The topological polar surface area (TPSA) is 111 Å². The molecule has 3 aromatic carbocycles. The predicted octanol–water partition coefficient (Wildman–Crippen LogP) is 4.97. The van der Waals surface area contributed by atoms with Crippen molar-refractivity contribution in [2.45, 2.75) is 70.4 Å². The first-order chi connectivity index (χ1) is 20.6. The lowest BCUT2D eigenvalue weighted by Gasteiger charge is -2.50. The average Bonchev–Trinajstić information content (AvgIpc) is 2.98. The second-order valence-electron chi connectivity index (χ2n) is 11.6. The molecule has 0 bridgehead atoms. The van der Waals surface area contributed by atoms with Crippen molar-refractivity contribution in [1.29, 1.82) is 0 Å². The molecule has 3 aromatic rings. The Morgan fingerprint density at radius 1 is 0.814 bits per heavy atom. The molecule has 0 aromatic heterocycles. The number of carbonyl (C=O) groups excluding carboxylic acids is 4. The van der Waals surface area contributed by atoms with Gasteiger partial charge in [-0.2, -0.15) is 0 Å². The number of hydrogen-bond acceptors (Lipinski definition) is 7. The Balaban J connectivity index is 1.51. The molecule has 0 aliphatic carbocycles. The number of amides is 2. The van der Waals surface area contributed by atoms with Crippen molar-refractivity contribution in [2.75, 3.05) is 6.54 Å². The van der Waals surface area contributed by atoms with Crippen molar-refractivity contribution in [3.63, 3.8) is 0 Å². The minimum atomic E-state index is -1.25. The van der Waals surface area contributed by atoms with Gasteiger partial charge < -0.3 is 24.4 Å². The lowest BCUT2D eigenvalue weighted by molar-refractivity contribution is -0.181. The van der Waals surface area contributed by atoms with Crippen molar-refractivity contribution in [2.24, 2.45) is 0 Å². The summed E-state index contributed by atoms with van der Waals surface area (Å²) in [6.45, 7) is 5.23. The molecule has 1 unspecified atom stereocenters. The third kappa shape index (κ3) is 8.67. The van der Waals surface area contributed by atoms with Crippen LogP contribution in [-0.4, -0.2) is 52.6 Å². The highest BCUT2D eigenvalue weighted by Gasteiger charge is 2.57. The molecular weight excluding hydrogens is 548 g/mol. The van der Waals surface area contributed by atoms with E-state index < -0.39 is 35.2 Å². The van der Waals surface area contributed by atoms with Gasteiger partial charge in [-0.1, -0.05) is 91.0 Å². The molecule has 2 amide bonds. The Morgan fingerprint density at radius 3 is 1.84 bits per heavy atom. The van der Waals surface area contributed by atoms with Gasteiger partial charge in [-0.25, -0.2) is 14.4 Å². The molecule has 226 valence electrons. The number of alkyl carbamates (subject to hydrolysis) is 1. The van der Waals surface area contributed by atoms with Crippen LogP contribution in [0.1, 0.15) is 50.3 Å². The van der Waals surface area contributed by atoms with Crippen molar-refractivity contribution >= 4 is 23.9 Å². The summed E-state index contributed by atoms with van der Waals surface area (Å²) >= 11 is 0. The molecule has 9 heteroatoms. The molecule has 1 N–H and O–H groups in total. The van der Waals surface area contributed by atoms with Gasteiger partial charge in [-0.05, 0) is 43.9 Å². The largest absolute Gasteiger partial charge is 0.459 e. The molecule has 9 nitrogen and oxygen atoms in total. The van der Waals surface area contributed by atoms with E-state index in [0.717, 1.165) is 16.7 Å². The number of carbonyl (C=O) groups is 4. The van der Waals surface area contributed by atoms with Crippen LogP contribution in [0.2, 0.25) is 0 Å². The van der Waals surface area contributed by atoms with Crippen molar-refractivity contribution in [3.05, 3.63) is 108 Å². The van der Waals surface area contributed by atoms with E-state index >= 15 is 0 Å². The van der Waals surface area contributed by atoms with Gasteiger partial charge >= 0.3 is 18.0 Å². The fraction of sp³-hybridized carbons (Fsp3) is 0.353. The molecule has 43 heavy (non-hydrogen) atoms. The maximum Gasteiger partial charge on any atom is 0.408 e. The first kappa shape index (κ1) is 31.3. The normalized spacial score (nSPS) is 16.9. The summed E-state index contributed by atoms with van der Waals surface area (Å²) in [4.78, 5) is 53.9. The first-order valence-corrected chi connectivity index (χ1v) is 14.3. The van der Waals surface area contributed by atoms with Gasteiger partial charge in [-0.15, -0.1) is 0 Å². The van der Waals surface area contributed by atoms with E-state index in [1.807, 2.05) is 91.0 Å². The summed E-state index contributed by atoms with van der Waals surface area (Å²) in [7, 11) is 0. The predicted molar refractivity (Wildman–Crippen MR) is 159 cm³/mol. The van der Waals surface area contributed by atoms with E-state index in [2.05, 4.69) is 5.32 Å². The lowest BCUT2D eigenvalue weighted by atomic mass is 9.78. The molecule has 4 rings (SSSR count). The number of β-lactam (4-membered cyclic amide) rings is 1. The molecule has 1 fully saturated rings. The minimum Gasteiger partial charge on any atom is -0.459 e. The molecule has 2 atom stereocenters. The number of esters is 2. The Kier molecular flexibility index (Phi) is 10.2. The molecular formula is C34H38N2O7. The number of nitrogens with zero attached hydrogens (tertiary/aromatic N) is 1. The standard InChI is InChI=1S/C34H38N2O7/c1-33(2,3)43-32(40)35-28(30(38)41-23-26-15-9-5-10-16-26)19-20-36-29(37)22-34(36,21-25-13-7-4-8-14-25)31(39)42-24-27-17-11-6-12-18-27/h4-18,28H,19-24H2,1-3H3,(H,35,40)/t28-,34?/m0/s1. The van der Waals surface area contributed by atoms with Crippen LogP contribution in [-0.2, 0) is 48.2 Å². The highest BCUT2D eigenvalue weighted by molar-refractivity contribution is 5.99. The third-order valence-corrected chi connectivity index (χ3v) is 7.03. The number of nitrogens with one attached hydrogen (secondary N) is 1. The Hall–Kier alpha value is -4.66. The number of hydrogen-bond donors (Lipinski definition) is 1. The monoisotopic (exact) mass is 586 g/mol. The van der Waals surface area contributed by atoms with E-state index in [1.54, 1.807) is 20.8 Å². The van der Waals surface area contributed by atoms with Crippen molar-refractivity contribution < 1.29 is 33.4 Å². The van der Waals surface area contributed by atoms with E-state index in [9.17, 15) is 19.2 Å². The minimum absolute atomic E-state index is 0.00110. The first-order valence-electron chi connectivity index (χ1n) is 14.3. The molecule has 1 aliphatic heterocycles. The van der Waals surface area contributed by atoms with E-state index in [-0.39, 0.29) is 44.9 Å². The van der Waals surface area contributed by atoms with Crippen molar-refractivity contribution in [3.8, 4) is 0 Å². The zero-order chi connectivity index (χ0) is 30.9. The van der Waals surface area contributed by atoms with Gasteiger partial charge in [0.15, 0.2) is 5.54 Å². The summed E-state index contributed by atoms with van der Waals surface area (Å²) in [6, 6.07) is 26.7. The maximum atomic E-state index is 13.7. The van der Waals surface area contributed by atoms with Gasteiger partial charge in [0.1, 0.15) is 24.9 Å². The van der Waals surface area contributed by atoms with Crippen LogP contribution in [0.15, 0.2) is 91.0 Å². The maximum absolute atomic E-state index is 13.7. The molecule has 1 aliphatic rings.